The zero-order valence-corrected chi connectivity index (χ0v) is 27.1. The number of imide groups is 1. The molecule has 1 heterocycles. The van der Waals surface area contributed by atoms with Gasteiger partial charge in [-0.25, -0.2) is 28.6 Å². The van der Waals surface area contributed by atoms with E-state index in [-0.39, 0.29) is 19.6 Å². The molecule has 2 aromatic rings. The molecular formula is C32H46N2O9. The predicted molar refractivity (Wildman–Crippen MR) is 162 cm³/mol. The van der Waals surface area contributed by atoms with Crippen LogP contribution in [0.25, 0.3) is 10.9 Å². The Balaban J connectivity index is 2.57. The zero-order chi connectivity index (χ0) is 32.8. The number of amides is 2. The molecule has 0 aliphatic carbocycles. The zero-order valence-electron chi connectivity index (χ0n) is 27.1. The molecular weight excluding hydrogens is 556 g/mol. The molecule has 0 unspecified atom stereocenters. The number of methoxy groups -OCH3 is 1. The Kier molecular flexibility index (Phi) is 11.4. The van der Waals surface area contributed by atoms with Gasteiger partial charge in [-0.1, -0.05) is 24.8 Å². The van der Waals surface area contributed by atoms with Crippen molar-refractivity contribution in [3.05, 3.63) is 47.7 Å². The van der Waals surface area contributed by atoms with Crippen molar-refractivity contribution >= 4 is 35.3 Å². The maximum atomic E-state index is 13.5. The maximum Gasteiger partial charge on any atom is 0.508 e. The third-order valence-electron chi connectivity index (χ3n) is 5.75. The van der Waals surface area contributed by atoms with Crippen molar-refractivity contribution in [3.63, 3.8) is 0 Å². The van der Waals surface area contributed by atoms with E-state index in [4.69, 9.17) is 18.9 Å². The van der Waals surface area contributed by atoms with Crippen LogP contribution in [0.3, 0.4) is 0 Å². The van der Waals surface area contributed by atoms with Gasteiger partial charge in [0.25, 0.3) is 0 Å². The maximum absolute atomic E-state index is 13.5. The topological polar surface area (TPSA) is 123 Å². The van der Waals surface area contributed by atoms with E-state index < -0.39 is 41.2 Å². The summed E-state index contributed by atoms with van der Waals surface area (Å²) in [6.45, 7) is 19.5. The van der Waals surface area contributed by atoms with Gasteiger partial charge >= 0.3 is 24.4 Å². The highest BCUT2D eigenvalue weighted by atomic mass is 16.7. The lowest BCUT2D eigenvalue weighted by Gasteiger charge is -2.28. The summed E-state index contributed by atoms with van der Waals surface area (Å²) in [6.07, 6.45) is -2.20. The molecule has 11 heteroatoms. The molecule has 11 nitrogen and oxygen atoms in total. The van der Waals surface area contributed by atoms with Gasteiger partial charge in [-0.2, -0.15) is 0 Å². The number of carbonyl (C=O) groups is 4. The summed E-state index contributed by atoms with van der Waals surface area (Å²) in [5.41, 5.74) is 0.107. The average Bonchev–Trinajstić information content (AvgIpc) is 3.16. The fraction of sp³-hybridized carbons (Fsp3) is 0.562. The second-order valence-electron chi connectivity index (χ2n) is 13.1. The first kappa shape index (κ1) is 35.2. The van der Waals surface area contributed by atoms with E-state index in [1.54, 1.807) is 68.4 Å². The van der Waals surface area contributed by atoms with E-state index in [1.165, 1.54) is 11.7 Å². The lowest BCUT2D eigenvalue weighted by atomic mass is 10.0. The Morgan fingerprint density at radius 1 is 0.814 bits per heavy atom. The predicted octanol–water partition coefficient (Wildman–Crippen LogP) is 7.41. The molecule has 1 aromatic carbocycles. The number of hydrogen-bond donors (Lipinski definition) is 0. The van der Waals surface area contributed by atoms with Crippen molar-refractivity contribution in [1.82, 2.24) is 9.47 Å². The van der Waals surface area contributed by atoms with Crippen LogP contribution in [0.2, 0.25) is 0 Å². The Morgan fingerprint density at radius 3 is 1.86 bits per heavy atom. The summed E-state index contributed by atoms with van der Waals surface area (Å²) in [5, 5.41) is 0.758. The second-order valence-corrected chi connectivity index (χ2v) is 13.1. The number of para-hydroxylation sites is 1. The Morgan fingerprint density at radius 2 is 1.35 bits per heavy atom. The van der Waals surface area contributed by atoms with Crippen molar-refractivity contribution in [2.75, 3.05) is 20.3 Å². The van der Waals surface area contributed by atoms with Gasteiger partial charge in [-0.15, -0.1) is 0 Å². The third kappa shape index (κ3) is 11.0. The number of carbonyl (C=O) groups excluding carboxylic acids is 4. The molecule has 2 rings (SSSR count). The standard InChI is InChI=1S/C32H46N2O9/c1-21(20-40-29(38)39-11)16-17-25-23(22-14-12-13-15-24(22)34(25)28(37)43-32(8,9)10)18-19-33(26(35)41-30(2,3)4)27(36)42-31(5,6)7/h12-15H,1,16-20H2,2-11H3. The molecule has 0 fully saturated rings. The van der Waals surface area contributed by atoms with Crippen LogP contribution >= 0.6 is 0 Å². The summed E-state index contributed by atoms with van der Waals surface area (Å²) in [4.78, 5) is 52.2. The molecule has 0 spiro atoms. The number of nitrogens with zero attached hydrogens (tertiary/aromatic N) is 2. The number of benzene rings is 1. The molecule has 0 aliphatic heterocycles. The molecule has 0 radical (unpaired) electrons. The first-order chi connectivity index (χ1) is 19.7. The lowest BCUT2D eigenvalue weighted by Crippen LogP contribution is -2.44. The van der Waals surface area contributed by atoms with Crippen molar-refractivity contribution in [2.45, 2.75) is 98.4 Å². The lowest BCUT2D eigenvalue weighted by molar-refractivity contribution is 0.00160. The minimum Gasteiger partial charge on any atom is -0.443 e. The Bertz CT molecular complexity index is 1310. The van der Waals surface area contributed by atoms with E-state index in [2.05, 4.69) is 11.3 Å². The fourth-order valence-corrected chi connectivity index (χ4v) is 4.12. The number of fused-ring (bicyclic) bond motifs is 1. The minimum absolute atomic E-state index is 0.0558. The Hall–Kier alpha value is -4.02. The van der Waals surface area contributed by atoms with Crippen LogP contribution in [-0.4, -0.2) is 71.0 Å². The summed E-state index contributed by atoms with van der Waals surface area (Å²) in [7, 11) is 1.22. The fourth-order valence-electron chi connectivity index (χ4n) is 4.12. The second kappa shape index (κ2) is 14.0. The van der Waals surface area contributed by atoms with Gasteiger partial charge in [-0.05, 0) is 98.8 Å². The van der Waals surface area contributed by atoms with E-state index in [0.29, 0.717) is 29.6 Å². The van der Waals surface area contributed by atoms with Crippen LogP contribution in [0.15, 0.2) is 36.4 Å². The van der Waals surface area contributed by atoms with Crippen molar-refractivity contribution in [2.24, 2.45) is 0 Å². The van der Waals surface area contributed by atoms with Gasteiger partial charge in [0.1, 0.15) is 23.4 Å². The smallest absolute Gasteiger partial charge is 0.443 e. The molecule has 43 heavy (non-hydrogen) atoms. The number of ether oxygens (including phenoxy) is 5. The highest BCUT2D eigenvalue weighted by Gasteiger charge is 2.32. The monoisotopic (exact) mass is 602 g/mol. The van der Waals surface area contributed by atoms with Crippen LogP contribution < -0.4 is 0 Å². The van der Waals surface area contributed by atoms with Crippen LogP contribution in [0.4, 0.5) is 19.2 Å². The quantitative estimate of drug-likeness (QED) is 0.173. The average molecular weight is 603 g/mol. The molecule has 0 N–H and O–H groups in total. The molecule has 0 saturated heterocycles. The molecule has 0 aliphatic rings. The van der Waals surface area contributed by atoms with Gasteiger partial charge in [-0.3, -0.25) is 0 Å². The highest BCUT2D eigenvalue weighted by Crippen LogP contribution is 2.30. The molecule has 1 aromatic heterocycles. The summed E-state index contributed by atoms with van der Waals surface area (Å²) in [6, 6.07) is 7.34. The number of hydrogen-bond acceptors (Lipinski definition) is 9. The van der Waals surface area contributed by atoms with E-state index in [1.807, 2.05) is 18.2 Å². The van der Waals surface area contributed by atoms with Gasteiger partial charge in [0.15, 0.2) is 0 Å². The minimum atomic E-state index is -0.845. The largest absolute Gasteiger partial charge is 0.508 e. The summed E-state index contributed by atoms with van der Waals surface area (Å²) >= 11 is 0. The van der Waals surface area contributed by atoms with Gasteiger partial charge in [0, 0.05) is 17.6 Å². The van der Waals surface area contributed by atoms with Gasteiger partial charge in [0.2, 0.25) is 0 Å². The number of aromatic nitrogens is 1. The first-order valence-corrected chi connectivity index (χ1v) is 14.2. The number of rotatable bonds is 8. The SMILES string of the molecule is C=C(CCc1c(CCN(C(=O)OC(C)(C)C)C(=O)OC(C)(C)C)c2ccccc2n1C(=O)OC(C)(C)C)COC(=O)OC. The van der Waals surface area contributed by atoms with E-state index in [0.717, 1.165) is 15.8 Å². The van der Waals surface area contributed by atoms with Crippen LogP contribution in [0, 0.1) is 0 Å². The molecule has 0 saturated carbocycles. The van der Waals surface area contributed by atoms with Gasteiger partial charge in [0.05, 0.1) is 12.6 Å². The van der Waals surface area contributed by atoms with Crippen LogP contribution in [0.1, 0.15) is 80.0 Å². The molecule has 238 valence electrons. The summed E-state index contributed by atoms with van der Waals surface area (Å²) in [5.74, 6) is 0. The van der Waals surface area contributed by atoms with Crippen molar-refractivity contribution < 1.29 is 42.9 Å². The Labute approximate surface area is 254 Å². The molecule has 0 bridgehead atoms. The van der Waals surface area contributed by atoms with Crippen molar-refractivity contribution in [3.8, 4) is 0 Å². The van der Waals surface area contributed by atoms with E-state index >= 15 is 0 Å². The van der Waals surface area contributed by atoms with Gasteiger partial charge < -0.3 is 23.7 Å². The van der Waals surface area contributed by atoms with E-state index in [9.17, 15) is 19.2 Å². The van der Waals surface area contributed by atoms with Crippen molar-refractivity contribution in [1.29, 1.82) is 0 Å². The normalized spacial score (nSPS) is 12.0. The van der Waals surface area contributed by atoms with Crippen LogP contribution in [-0.2, 0) is 36.5 Å². The molecule has 2 amide bonds. The third-order valence-corrected chi connectivity index (χ3v) is 5.75. The highest BCUT2D eigenvalue weighted by molar-refractivity contribution is 5.94. The first-order valence-electron chi connectivity index (χ1n) is 14.2. The molecule has 0 atom stereocenters. The summed E-state index contributed by atoms with van der Waals surface area (Å²) < 4.78 is 27.8. The van der Waals surface area contributed by atoms with Crippen LogP contribution in [0.5, 0.6) is 0 Å².